The summed E-state index contributed by atoms with van der Waals surface area (Å²) in [7, 11) is 0. The Hall–Kier alpha value is -1.87. The summed E-state index contributed by atoms with van der Waals surface area (Å²) >= 11 is 5.62. The van der Waals surface area contributed by atoms with Gasteiger partial charge in [0.05, 0.1) is 6.54 Å². The second-order valence-electron chi connectivity index (χ2n) is 4.08. The molecule has 1 amide bonds. The highest BCUT2D eigenvalue weighted by Gasteiger charge is 2.15. The van der Waals surface area contributed by atoms with Crippen molar-refractivity contribution in [3.8, 4) is 0 Å². The fourth-order valence-electron chi connectivity index (χ4n) is 1.81. The SMILES string of the molecule is O=C(CCl)N(Cc1ccccc1)c1cccc(F)c1. The number of benzene rings is 2. The van der Waals surface area contributed by atoms with E-state index < -0.39 is 0 Å². The van der Waals surface area contributed by atoms with Crippen molar-refractivity contribution in [3.63, 3.8) is 0 Å². The number of carbonyl (C=O) groups excluding carboxylic acids is 1. The van der Waals surface area contributed by atoms with E-state index in [0.29, 0.717) is 12.2 Å². The lowest BCUT2D eigenvalue weighted by atomic mass is 10.2. The Labute approximate surface area is 116 Å². The molecule has 0 unspecified atom stereocenters. The van der Waals surface area contributed by atoms with Crippen LogP contribution in [0.3, 0.4) is 0 Å². The number of amides is 1. The van der Waals surface area contributed by atoms with E-state index in [1.807, 2.05) is 30.3 Å². The Kier molecular flexibility index (Phi) is 4.53. The van der Waals surface area contributed by atoms with Crippen molar-refractivity contribution in [3.05, 3.63) is 66.0 Å². The van der Waals surface area contributed by atoms with Gasteiger partial charge in [0.1, 0.15) is 11.7 Å². The Morgan fingerprint density at radius 2 is 1.84 bits per heavy atom. The molecule has 0 fully saturated rings. The molecule has 4 heteroatoms. The van der Waals surface area contributed by atoms with Crippen molar-refractivity contribution in [2.45, 2.75) is 6.54 Å². The molecule has 0 aliphatic carbocycles. The van der Waals surface area contributed by atoms with Crippen LogP contribution in [-0.2, 0) is 11.3 Å². The monoisotopic (exact) mass is 277 g/mol. The van der Waals surface area contributed by atoms with E-state index in [9.17, 15) is 9.18 Å². The van der Waals surface area contributed by atoms with Crippen LogP contribution in [0.5, 0.6) is 0 Å². The average Bonchev–Trinajstić information content (AvgIpc) is 2.45. The first-order valence-electron chi connectivity index (χ1n) is 5.86. The van der Waals surface area contributed by atoms with Gasteiger partial charge in [0, 0.05) is 5.69 Å². The van der Waals surface area contributed by atoms with Gasteiger partial charge < -0.3 is 4.90 Å². The maximum atomic E-state index is 13.3. The lowest BCUT2D eigenvalue weighted by Crippen LogP contribution is -2.31. The minimum atomic E-state index is -0.377. The normalized spacial score (nSPS) is 10.2. The number of hydrogen-bond donors (Lipinski definition) is 0. The molecule has 98 valence electrons. The summed E-state index contributed by atoms with van der Waals surface area (Å²) in [6.07, 6.45) is 0. The molecule has 0 atom stereocenters. The zero-order chi connectivity index (χ0) is 13.7. The third-order valence-corrected chi connectivity index (χ3v) is 2.95. The maximum Gasteiger partial charge on any atom is 0.242 e. The number of carbonyl (C=O) groups is 1. The van der Waals surface area contributed by atoms with Gasteiger partial charge in [0.25, 0.3) is 0 Å². The van der Waals surface area contributed by atoms with Crippen molar-refractivity contribution in [2.75, 3.05) is 10.8 Å². The number of nitrogens with zero attached hydrogens (tertiary/aromatic N) is 1. The molecule has 0 aromatic heterocycles. The van der Waals surface area contributed by atoms with Crippen LogP contribution < -0.4 is 4.90 Å². The Balaban J connectivity index is 2.29. The molecule has 0 aliphatic heterocycles. The third kappa shape index (κ3) is 3.55. The predicted molar refractivity (Wildman–Crippen MR) is 74.8 cm³/mol. The Bertz CT molecular complexity index is 559. The van der Waals surface area contributed by atoms with Gasteiger partial charge in [0.2, 0.25) is 5.91 Å². The van der Waals surface area contributed by atoms with Crippen LogP contribution in [0.4, 0.5) is 10.1 Å². The molecule has 0 aliphatic rings. The molecule has 0 bridgehead atoms. The van der Waals surface area contributed by atoms with Gasteiger partial charge in [-0.05, 0) is 23.8 Å². The molecule has 0 saturated carbocycles. The van der Waals surface area contributed by atoms with Gasteiger partial charge in [-0.3, -0.25) is 4.79 Å². The maximum absolute atomic E-state index is 13.3. The molecule has 0 heterocycles. The summed E-state index contributed by atoms with van der Waals surface area (Å²) in [4.78, 5) is 13.4. The highest BCUT2D eigenvalue weighted by molar-refractivity contribution is 6.29. The summed E-state index contributed by atoms with van der Waals surface area (Å²) in [5.41, 5.74) is 1.47. The van der Waals surface area contributed by atoms with Crippen LogP contribution in [-0.4, -0.2) is 11.8 Å². The fourth-order valence-corrected chi connectivity index (χ4v) is 1.95. The molecule has 0 radical (unpaired) electrons. The number of anilines is 1. The Morgan fingerprint density at radius 3 is 2.47 bits per heavy atom. The summed E-state index contributed by atoms with van der Waals surface area (Å²) in [5, 5.41) is 0. The van der Waals surface area contributed by atoms with E-state index in [-0.39, 0.29) is 17.6 Å². The predicted octanol–water partition coefficient (Wildman–Crippen LogP) is 3.60. The zero-order valence-electron chi connectivity index (χ0n) is 10.2. The van der Waals surface area contributed by atoms with Gasteiger partial charge in [0.15, 0.2) is 0 Å². The van der Waals surface area contributed by atoms with E-state index >= 15 is 0 Å². The molecule has 2 rings (SSSR count). The van der Waals surface area contributed by atoms with Crippen LogP contribution in [0.15, 0.2) is 54.6 Å². The molecule has 0 N–H and O–H groups in total. The standard InChI is InChI=1S/C15H13ClFNO/c16-10-15(19)18(11-12-5-2-1-3-6-12)14-8-4-7-13(17)9-14/h1-9H,10-11H2. The van der Waals surface area contributed by atoms with Gasteiger partial charge in [-0.2, -0.15) is 0 Å². The molecule has 2 aromatic carbocycles. The number of halogens is 2. The van der Waals surface area contributed by atoms with Crippen LogP contribution >= 0.6 is 11.6 Å². The van der Waals surface area contributed by atoms with E-state index in [4.69, 9.17) is 11.6 Å². The number of hydrogen-bond acceptors (Lipinski definition) is 1. The lowest BCUT2D eigenvalue weighted by Gasteiger charge is -2.22. The van der Waals surface area contributed by atoms with Crippen molar-refractivity contribution in [1.29, 1.82) is 0 Å². The summed E-state index contributed by atoms with van der Waals surface area (Å²) in [6.45, 7) is 0.371. The second kappa shape index (κ2) is 6.34. The number of rotatable bonds is 4. The third-order valence-electron chi connectivity index (χ3n) is 2.72. The first-order chi connectivity index (χ1) is 9.20. The lowest BCUT2D eigenvalue weighted by molar-refractivity contribution is -0.116. The van der Waals surface area contributed by atoms with Crippen LogP contribution in [0.25, 0.3) is 0 Å². The molecule has 19 heavy (non-hydrogen) atoms. The van der Waals surface area contributed by atoms with Crippen molar-refractivity contribution < 1.29 is 9.18 Å². The van der Waals surface area contributed by atoms with Crippen molar-refractivity contribution in [2.24, 2.45) is 0 Å². The van der Waals surface area contributed by atoms with Gasteiger partial charge in [-0.15, -0.1) is 11.6 Å². The summed E-state index contributed by atoms with van der Waals surface area (Å²) in [6, 6.07) is 15.4. The first kappa shape index (κ1) is 13.6. The second-order valence-corrected chi connectivity index (χ2v) is 4.35. The van der Waals surface area contributed by atoms with Gasteiger partial charge in [-0.25, -0.2) is 4.39 Å². The van der Waals surface area contributed by atoms with Crippen LogP contribution in [0.2, 0.25) is 0 Å². The van der Waals surface area contributed by atoms with Crippen molar-refractivity contribution >= 4 is 23.2 Å². The van der Waals surface area contributed by atoms with E-state index in [2.05, 4.69) is 0 Å². The largest absolute Gasteiger partial charge is 0.307 e. The van der Waals surface area contributed by atoms with E-state index in [1.165, 1.54) is 17.0 Å². The Morgan fingerprint density at radius 1 is 1.11 bits per heavy atom. The molecular formula is C15H13ClFNO. The average molecular weight is 278 g/mol. The highest BCUT2D eigenvalue weighted by Crippen LogP contribution is 2.19. The zero-order valence-corrected chi connectivity index (χ0v) is 11.0. The summed E-state index contributed by atoms with van der Waals surface area (Å²) in [5.74, 6) is -0.766. The first-order valence-corrected chi connectivity index (χ1v) is 6.40. The van der Waals surface area contributed by atoms with E-state index in [1.54, 1.807) is 12.1 Å². The molecule has 0 saturated heterocycles. The van der Waals surface area contributed by atoms with Crippen LogP contribution in [0.1, 0.15) is 5.56 Å². The molecular weight excluding hydrogens is 265 g/mol. The van der Waals surface area contributed by atoms with Gasteiger partial charge in [-0.1, -0.05) is 36.4 Å². The minimum Gasteiger partial charge on any atom is -0.307 e. The molecule has 2 aromatic rings. The smallest absolute Gasteiger partial charge is 0.242 e. The summed E-state index contributed by atoms with van der Waals surface area (Å²) < 4.78 is 13.3. The molecule has 0 spiro atoms. The molecule has 2 nitrogen and oxygen atoms in total. The van der Waals surface area contributed by atoms with Crippen molar-refractivity contribution in [1.82, 2.24) is 0 Å². The van der Waals surface area contributed by atoms with Gasteiger partial charge >= 0.3 is 0 Å². The quantitative estimate of drug-likeness (QED) is 0.782. The number of alkyl halides is 1. The van der Waals surface area contributed by atoms with Crippen LogP contribution in [0, 0.1) is 5.82 Å². The topological polar surface area (TPSA) is 20.3 Å². The highest BCUT2D eigenvalue weighted by atomic mass is 35.5. The fraction of sp³-hybridized carbons (Fsp3) is 0.133. The van der Waals surface area contributed by atoms with E-state index in [0.717, 1.165) is 5.56 Å². The minimum absolute atomic E-state index is 0.136.